The minimum Gasteiger partial charge on any atom is -0.361 e. The number of aromatic nitrogens is 1. The van der Waals surface area contributed by atoms with E-state index < -0.39 is 0 Å². The van der Waals surface area contributed by atoms with Crippen molar-refractivity contribution in [3.63, 3.8) is 0 Å². The fraction of sp³-hybridized carbons (Fsp3) is 0.273. The van der Waals surface area contributed by atoms with E-state index in [2.05, 4.69) is 16.4 Å². The van der Waals surface area contributed by atoms with E-state index in [-0.39, 0.29) is 17.7 Å². The maximum Gasteiger partial charge on any atom is 0.253 e. The Morgan fingerprint density at radius 1 is 1.11 bits per heavy atom. The lowest BCUT2D eigenvalue weighted by Gasteiger charge is -2.20. The molecule has 0 aliphatic heterocycles. The number of anilines is 1. The molecule has 0 unspecified atom stereocenters. The van der Waals surface area contributed by atoms with Gasteiger partial charge in [0.25, 0.3) is 5.91 Å². The average Bonchev–Trinajstić information content (AvgIpc) is 3.48. The first-order valence-corrected chi connectivity index (χ1v) is 9.35. The molecule has 0 saturated heterocycles. The van der Waals surface area contributed by atoms with Gasteiger partial charge in [-0.2, -0.15) is 0 Å². The summed E-state index contributed by atoms with van der Waals surface area (Å²) in [6.45, 7) is 0.537. The maximum atomic E-state index is 12.7. The monoisotopic (exact) mass is 361 g/mol. The molecule has 1 saturated carbocycles. The molecule has 2 amide bonds. The molecule has 3 aromatic rings. The zero-order valence-corrected chi connectivity index (χ0v) is 15.4. The molecule has 1 fully saturated rings. The summed E-state index contributed by atoms with van der Waals surface area (Å²) < 4.78 is 0. The van der Waals surface area contributed by atoms with E-state index in [1.54, 1.807) is 18.0 Å². The van der Waals surface area contributed by atoms with E-state index in [1.165, 1.54) is 10.9 Å². The Morgan fingerprint density at radius 3 is 2.67 bits per heavy atom. The number of carbonyl (C=O) groups is 2. The number of nitrogens with one attached hydrogen (secondary N) is 2. The third kappa shape index (κ3) is 3.58. The molecular formula is C22H23N3O2. The van der Waals surface area contributed by atoms with Crippen LogP contribution < -0.4 is 10.2 Å². The third-order valence-corrected chi connectivity index (χ3v) is 5.12. The fourth-order valence-electron chi connectivity index (χ4n) is 3.43. The smallest absolute Gasteiger partial charge is 0.253 e. The molecule has 27 heavy (non-hydrogen) atoms. The van der Waals surface area contributed by atoms with Crippen molar-refractivity contribution in [1.82, 2.24) is 10.3 Å². The SMILES string of the molecule is CN(C(=O)C1CC1)c1ccccc1C(=O)NCCc1c[nH]c2ccccc12. The highest BCUT2D eigenvalue weighted by Gasteiger charge is 2.33. The molecule has 5 heteroatoms. The lowest BCUT2D eigenvalue weighted by Crippen LogP contribution is -2.32. The number of H-pyrrole nitrogens is 1. The Morgan fingerprint density at radius 2 is 1.85 bits per heavy atom. The van der Waals surface area contributed by atoms with Gasteiger partial charge in [0, 0.05) is 36.6 Å². The van der Waals surface area contributed by atoms with Gasteiger partial charge in [-0.1, -0.05) is 30.3 Å². The highest BCUT2D eigenvalue weighted by molar-refractivity contribution is 6.05. The summed E-state index contributed by atoms with van der Waals surface area (Å²) in [7, 11) is 1.75. The lowest BCUT2D eigenvalue weighted by molar-refractivity contribution is -0.119. The number of benzene rings is 2. The molecule has 1 aliphatic rings. The largest absolute Gasteiger partial charge is 0.361 e. The predicted octanol–water partition coefficient (Wildman–Crippen LogP) is 3.51. The summed E-state index contributed by atoms with van der Waals surface area (Å²) in [6, 6.07) is 15.4. The second kappa shape index (κ2) is 7.27. The number of hydrogen-bond acceptors (Lipinski definition) is 2. The second-order valence-electron chi connectivity index (χ2n) is 7.05. The first kappa shape index (κ1) is 17.3. The molecule has 2 aromatic carbocycles. The van der Waals surface area contributed by atoms with E-state index in [9.17, 15) is 9.59 Å². The van der Waals surface area contributed by atoms with Crippen molar-refractivity contribution in [2.45, 2.75) is 19.3 Å². The van der Waals surface area contributed by atoms with Gasteiger partial charge in [0.15, 0.2) is 0 Å². The number of nitrogens with zero attached hydrogens (tertiary/aromatic N) is 1. The van der Waals surface area contributed by atoms with Crippen LogP contribution in [0.5, 0.6) is 0 Å². The van der Waals surface area contributed by atoms with Crippen LogP contribution >= 0.6 is 0 Å². The number of amides is 2. The van der Waals surface area contributed by atoms with Crippen LogP contribution in [0.15, 0.2) is 54.7 Å². The summed E-state index contributed by atoms with van der Waals surface area (Å²) in [5.41, 5.74) is 3.48. The molecule has 1 aromatic heterocycles. The Bertz CT molecular complexity index is 988. The summed E-state index contributed by atoms with van der Waals surface area (Å²) >= 11 is 0. The van der Waals surface area contributed by atoms with Crippen molar-refractivity contribution in [2.24, 2.45) is 5.92 Å². The lowest BCUT2D eigenvalue weighted by atomic mass is 10.1. The van der Waals surface area contributed by atoms with Crippen molar-refractivity contribution >= 4 is 28.4 Å². The Kier molecular flexibility index (Phi) is 4.67. The van der Waals surface area contributed by atoms with Crippen LogP contribution in [-0.2, 0) is 11.2 Å². The number of fused-ring (bicyclic) bond motifs is 1. The molecule has 0 bridgehead atoms. The van der Waals surface area contributed by atoms with E-state index in [1.807, 2.05) is 42.6 Å². The van der Waals surface area contributed by atoms with Crippen LogP contribution in [0.25, 0.3) is 10.9 Å². The Balaban J connectivity index is 1.43. The number of para-hydroxylation sites is 2. The number of rotatable bonds is 6. The minimum absolute atomic E-state index is 0.0917. The normalized spacial score (nSPS) is 13.5. The molecule has 0 atom stereocenters. The van der Waals surface area contributed by atoms with Gasteiger partial charge in [0.1, 0.15) is 0 Å². The predicted molar refractivity (Wildman–Crippen MR) is 107 cm³/mol. The minimum atomic E-state index is -0.152. The molecule has 0 spiro atoms. The van der Waals surface area contributed by atoms with Crippen LogP contribution in [0, 0.1) is 5.92 Å². The summed E-state index contributed by atoms with van der Waals surface area (Å²) in [5.74, 6) is 0.0583. The Labute approximate surface area is 158 Å². The molecule has 138 valence electrons. The molecule has 1 heterocycles. The zero-order chi connectivity index (χ0) is 18.8. The van der Waals surface area contributed by atoms with Gasteiger partial charge in [-0.05, 0) is 43.0 Å². The van der Waals surface area contributed by atoms with Gasteiger partial charge in [-0.25, -0.2) is 0 Å². The number of hydrogen-bond donors (Lipinski definition) is 2. The fourth-order valence-corrected chi connectivity index (χ4v) is 3.43. The first-order chi connectivity index (χ1) is 13.1. The van der Waals surface area contributed by atoms with Crippen molar-refractivity contribution < 1.29 is 9.59 Å². The summed E-state index contributed by atoms with van der Waals surface area (Å²) in [5, 5.41) is 4.17. The van der Waals surface area contributed by atoms with E-state index in [0.717, 1.165) is 24.8 Å². The molecule has 4 rings (SSSR count). The van der Waals surface area contributed by atoms with Crippen molar-refractivity contribution in [3.8, 4) is 0 Å². The highest BCUT2D eigenvalue weighted by Crippen LogP contribution is 2.33. The van der Waals surface area contributed by atoms with Crippen molar-refractivity contribution in [1.29, 1.82) is 0 Å². The van der Waals surface area contributed by atoms with Gasteiger partial charge in [0.2, 0.25) is 5.91 Å². The van der Waals surface area contributed by atoms with Gasteiger partial charge in [-0.3, -0.25) is 9.59 Å². The van der Waals surface area contributed by atoms with Crippen LogP contribution in [-0.4, -0.2) is 30.4 Å². The second-order valence-corrected chi connectivity index (χ2v) is 7.05. The maximum absolute atomic E-state index is 12.7. The van der Waals surface area contributed by atoms with Gasteiger partial charge in [-0.15, -0.1) is 0 Å². The van der Waals surface area contributed by atoms with Crippen LogP contribution in [0.2, 0.25) is 0 Å². The first-order valence-electron chi connectivity index (χ1n) is 9.35. The van der Waals surface area contributed by atoms with Gasteiger partial charge in [0.05, 0.1) is 11.3 Å². The highest BCUT2D eigenvalue weighted by atomic mass is 16.2. The summed E-state index contributed by atoms with van der Waals surface area (Å²) in [6.07, 6.45) is 4.63. The number of carbonyl (C=O) groups excluding carboxylic acids is 2. The molecule has 2 N–H and O–H groups in total. The Hall–Kier alpha value is -3.08. The van der Waals surface area contributed by atoms with E-state index in [4.69, 9.17) is 0 Å². The third-order valence-electron chi connectivity index (χ3n) is 5.12. The molecule has 0 radical (unpaired) electrons. The topological polar surface area (TPSA) is 65.2 Å². The zero-order valence-electron chi connectivity index (χ0n) is 15.4. The standard InChI is InChI=1S/C22H23N3O2/c1-25(22(27)15-10-11-15)20-9-5-3-7-18(20)21(26)23-13-12-16-14-24-19-8-4-2-6-17(16)19/h2-9,14-15,24H,10-13H2,1H3,(H,23,26). The molecule has 1 aliphatic carbocycles. The number of aromatic amines is 1. The quantitative estimate of drug-likeness (QED) is 0.706. The van der Waals surface area contributed by atoms with Crippen LogP contribution in [0.1, 0.15) is 28.8 Å². The van der Waals surface area contributed by atoms with E-state index in [0.29, 0.717) is 17.8 Å². The van der Waals surface area contributed by atoms with Gasteiger partial charge >= 0.3 is 0 Å². The molecular weight excluding hydrogens is 338 g/mol. The van der Waals surface area contributed by atoms with Crippen LogP contribution in [0.3, 0.4) is 0 Å². The average molecular weight is 361 g/mol. The van der Waals surface area contributed by atoms with E-state index >= 15 is 0 Å². The van der Waals surface area contributed by atoms with Crippen molar-refractivity contribution in [2.75, 3.05) is 18.5 Å². The van der Waals surface area contributed by atoms with Gasteiger partial charge < -0.3 is 15.2 Å². The molecule has 5 nitrogen and oxygen atoms in total. The van der Waals surface area contributed by atoms with Crippen LogP contribution in [0.4, 0.5) is 5.69 Å². The summed E-state index contributed by atoms with van der Waals surface area (Å²) in [4.78, 5) is 29.9. The van der Waals surface area contributed by atoms with Crippen molar-refractivity contribution in [3.05, 3.63) is 65.9 Å².